The first-order chi connectivity index (χ1) is 11.9. The van der Waals surface area contributed by atoms with Crippen LogP contribution in [0.15, 0.2) is 40.9 Å². The molecule has 0 aliphatic heterocycles. The fourth-order valence-corrected chi connectivity index (χ4v) is 2.45. The zero-order valence-electron chi connectivity index (χ0n) is 15.1. The van der Waals surface area contributed by atoms with Crippen LogP contribution < -0.4 is 10.6 Å². The van der Waals surface area contributed by atoms with Gasteiger partial charge in [-0.15, -0.1) is 0 Å². The quantitative estimate of drug-likeness (QED) is 0.684. The largest absolute Gasteiger partial charge is 0.396 e. The predicted molar refractivity (Wildman–Crippen MR) is 97.3 cm³/mol. The van der Waals surface area contributed by atoms with Crippen LogP contribution in [0.3, 0.4) is 0 Å². The van der Waals surface area contributed by atoms with E-state index >= 15 is 0 Å². The highest BCUT2D eigenvalue weighted by Crippen LogP contribution is 2.23. The van der Waals surface area contributed by atoms with Crippen molar-refractivity contribution < 1.29 is 14.4 Å². The molecule has 0 saturated carbocycles. The molecule has 25 heavy (non-hydrogen) atoms. The Balaban J connectivity index is 1.91. The van der Waals surface area contributed by atoms with Crippen LogP contribution in [0.25, 0.3) is 0 Å². The van der Waals surface area contributed by atoms with Crippen molar-refractivity contribution in [2.45, 2.75) is 45.1 Å². The molecule has 0 spiro atoms. The monoisotopic (exact) mass is 345 g/mol. The number of nitrogens with one attached hydrogen (secondary N) is 2. The van der Waals surface area contributed by atoms with Crippen LogP contribution in [-0.4, -0.2) is 29.3 Å². The number of amides is 1. The molecule has 1 atom stereocenters. The molecule has 0 aliphatic rings. The molecule has 0 bridgehead atoms. The normalized spacial score (nSPS) is 12.8. The number of carbonyl (C=O) groups excluding carboxylic acids is 1. The fraction of sp³-hybridized carbons (Fsp3) is 0.474. The van der Waals surface area contributed by atoms with E-state index in [2.05, 4.69) is 15.8 Å². The van der Waals surface area contributed by atoms with E-state index in [0.29, 0.717) is 12.3 Å². The molecule has 0 saturated heterocycles. The molecular weight excluding hydrogens is 318 g/mol. The second kappa shape index (κ2) is 8.78. The first kappa shape index (κ1) is 19.1. The maximum Gasteiger partial charge on any atom is 0.240 e. The van der Waals surface area contributed by atoms with Crippen molar-refractivity contribution in [3.05, 3.63) is 47.7 Å². The van der Waals surface area contributed by atoms with Gasteiger partial charge in [0.15, 0.2) is 0 Å². The van der Waals surface area contributed by atoms with E-state index in [0.717, 1.165) is 17.7 Å². The zero-order chi connectivity index (χ0) is 18.3. The number of carbonyl (C=O) groups is 1. The van der Waals surface area contributed by atoms with Gasteiger partial charge in [-0.25, -0.2) is 0 Å². The average Bonchev–Trinajstić information content (AvgIpc) is 3.04. The summed E-state index contributed by atoms with van der Waals surface area (Å²) >= 11 is 0. The number of hydrogen-bond donors (Lipinski definition) is 3. The summed E-state index contributed by atoms with van der Waals surface area (Å²) in [6.07, 6.45) is 1.43. The van der Waals surface area contributed by atoms with Gasteiger partial charge >= 0.3 is 0 Å². The Morgan fingerprint density at radius 1 is 1.28 bits per heavy atom. The Morgan fingerprint density at radius 2 is 2.00 bits per heavy atom. The maximum atomic E-state index is 12.2. The molecule has 136 valence electrons. The third kappa shape index (κ3) is 5.99. The van der Waals surface area contributed by atoms with E-state index in [9.17, 15) is 4.79 Å². The fourth-order valence-electron chi connectivity index (χ4n) is 2.45. The molecule has 1 heterocycles. The van der Waals surface area contributed by atoms with Gasteiger partial charge in [0.05, 0.1) is 12.2 Å². The first-order valence-electron chi connectivity index (χ1n) is 8.56. The van der Waals surface area contributed by atoms with Gasteiger partial charge < -0.3 is 14.9 Å². The van der Waals surface area contributed by atoms with E-state index < -0.39 is 0 Å². The summed E-state index contributed by atoms with van der Waals surface area (Å²) in [5.41, 5.74) is 1.76. The molecule has 2 aromatic rings. The lowest BCUT2D eigenvalue weighted by atomic mass is 9.92. The van der Waals surface area contributed by atoms with Gasteiger partial charge in [0.2, 0.25) is 11.8 Å². The number of aliphatic hydroxyl groups excluding tert-OH is 1. The number of aromatic nitrogens is 1. The minimum atomic E-state index is -0.193. The van der Waals surface area contributed by atoms with Gasteiger partial charge in [0.25, 0.3) is 0 Å². The van der Waals surface area contributed by atoms with Crippen molar-refractivity contribution in [1.29, 1.82) is 0 Å². The number of nitrogens with zero attached hydrogens (tertiary/aromatic N) is 1. The lowest BCUT2D eigenvalue weighted by Gasteiger charge is -2.18. The predicted octanol–water partition coefficient (Wildman–Crippen LogP) is 3.01. The molecule has 0 radical (unpaired) electrons. The van der Waals surface area contributed by atoms with Gasteiger partial charge in [-0.1, -0.05) is 56.3 Å². The SMILES string of the molecule is CC(C)(C)c1cc(NC(=O)CNC(CCCO)c2ccccc2)on1. The summed E-state index contributed by atoms with van der Waals surface area (Å²) in [7, 11) is 0. The van der Waals surface area contributed by atoms with Crippen LogP contribution in [0.5, 0.6) is 0 Å². The molecular formula is C19H27N3O3. The lowest BCUT2D eigenvalue weighted by Crippen LogP contribution is -2.31. The molecule has 3 N–H and O–H groups in total. The summed E-state index contributed by atoms with van der Waals surface area (Å²) < 4.78 is 5.18. The molecule has 0 aliphatic carbocycles. The number of anilines is 1. The van der Waals surface area contributed by atoms with Crippen molar-refractivity contribution in [2.75, 3.05) is 18.5 Å². The van der Waals surface area contributed by atoms with E-state index in [1.54, 1.807) is 6.07 Å². The van der Waals surface area contributed by atoms with Crippen LogP contribution in [0, 0.1) is 0 Å². The molecule has 6 heteroatoms. The Morgan fingerprint density at radius 3 is 2.60 bits per heavy atom. The topological polar surface area (TPSA) is 87.4 Å². The minimum Gasteiger partial charge on any atom is -0.396 e. The van der Waals surface area contributed by atoms with Crippen molar-refractivity contribution in [3.8, 4) is 0 Å². The molecule has 0 fully saturated rings. The van der Waals surface area contributed by atoms with Crippen molar-refractivity contribution >= 4 is 11.8 Å². The maximum absolute atomic E-state index is 12.2. The van der Waals surface area contributed by atoms with Gasteiger partial charge in [0.1, 0.15) is 0 Å². The highest BCUT2D eigenvalue weighted by atomic mass is 16.5. The second-order valence-corrected chi connectivity index (χ2v) is 7.08. The summed E-state index contributed by atoms with van der Waals surface area (Å²) in [6.45, 7) is 6.37. The first-order valence-corrected chi connectivity index (χ1v) is 8.56. The van der Waals surface area contributed by atoms with Gasteiger partial charge in [0, 0.05) is 24.1 Å². The van der Waals surface area contributed by atoms with E-state index in [4.69, 9.17) is 9.63 Å². The lowest BCUT2D eigenvalue weighted by molar-refractivity contribution is -0.115. The summed E-state index contributed by atoms with van der Waals surface area (Å²) in [4.78, 5) is 12.2. The standard InChI is InChI=1S/C19H27N3O3/c1-19(2,3)16-12-18(25-22-16)21-17(24)13-20-15(10-7-11-23)14-8-5-4-6-9-14/h4-6,8-9,12,15,20,23H,7,10-11,13H2,1-3H3,(H,21,24). The summed E-state index contributed by atoms with van der Waals surface area (Å²) in [5.74, 6) is 0.157. The van der Waals surface area contributed by atoms with Crippen LogP contribution >= 0.6 is 0 Å². The van der Waals surface area contributed by atoms with Crippen molar-refractivity contribution in [3.63, 3.8) is 0 Å². The Hall–Kier alpha value is -2.18. The van der Waals surface area contributed by atoms with Crippen molar-refractivity contribution in [2.24, 2.45) is 0 Å². The van der Waals surface area contributed by atoms with Gasteiger partial charge in [-0.2, -0.15) is 0 Å². The van der Waals surface area contributed by atoms with Gasteiger partial charge in [-0.05, 0) is 18.4 Å². The minimum absolute atomic E-state index is 0.0129. The van der Waals surface area contributed by atoms with Crippen molar-refractivity contribution in [1.82, 2.24) is 10.5 Å². The van der Waals surface area contributed by atoms with E-state index in [1.807, 2.05) is 51.1 Å². The van der Waals surface area contributed by atoms with Gasteiger partial charge in [-0.3, -0.25) is 10.1 Å². The molecule has 1 unspecified atom stereocenters. The third-order valence-electron chi connectivity index (χ3n) is 3.90. The number of hydrogen-bond acceptors (Lipinski definition) is 5. The average molecular weight is 345 g/mol. The smallest absolute Gasteiger partial charge is 0.240 e. The van der Waals surface area contributed by atoms with Crippen LogP contribution in [0.1, 0.15) is 50.9 Å². The van der Waals surface area contributed by atoms with Crippen LogP contribution in [-0.2, 0) is 10.2 Å². The second-order valence-electron chi connectivity index (χ2n) is 7.08. The number of aliphatic hydroxyl groups is 1. The summed E-state index contributed by atoms with van der Waals surface area (Å²) in [6, 6.07) is 11.7. The summed E-state index contributed by atoms with van der Waals surface area (Å²) in [5, 5.41) is 19.0. The molecule has 6 nitrogen and oxygen atoms in total. The Bertz CT molecular complexity index is 662. The number of benzene rings is 1. The highest BCUT2D eigenvalue weighted by Gasteiger charge is 2.20. The molecule has 2 rings (SSSR count). The molecule has 1 amide bonds. The Labute approximate surface area is 148 Å². The third-order valence-corrected chi connectivity index (χ3v) is 3.90. The molecule has 1 aromatic heterocycles. The van der Waals surface area contributed by atoms with E-state index in [-0.39, 0.29) is 30.5 Å². The zero-order valence-corrected chi connectivity index (χ0v) is 15.1. The Kier molecular flexibility index (Phi) is 6.73. The highest BCUT2D eigenvalue weighted by molar-refractivity contribution is 5.91. The van der Waals surface area contributed by atoms with Crippen LogP contribution in [0.4, 0.5) is 5.88 Å². The van der Waals surface area contributed by atoms with E-state index in [1.165, 1.54) is 0 Å². The molecule has 1 aromatic carbocycles. The number of rotatable bonds is 8. The van der Waals surface area contributed by atoms with Crippen LogP contribution in [0.2, 0.25) is 0 Å².